The molecule has 7 heteroatoms. The highest BCUT2D eigenvalue weighted by Crippen LogP contribution is 2.28. The predicted octanol–water partition coefficient (Wildman–Crippen LogP) is 5.37. The van der Waals surface area contributed by atoms with Crippen LogP contribution in [0.25, 0.3) is 16.5 Å². The second kappa shape index (κ2) is 7.73. The van der Waals surface area contributed by atoms with Gasteiger partial charge < -0.3 is 5.32 Å². The molecule has 4 rings (SSSR count). The van der Waals surface area contributed by atoms with E-state index in [1.165, 1.54) is 6.33 Å². The fourth-order valence-corrected chi connectivity index (χ4v) is 3.80. The van der Waals surface area contributed by atoms with Crippen LogP contribution in [-0.2, 0) is 0 Å². The van der Waals surface area contributed by atoms with Crippen LogP contribution in [0.1, 0.15) is 18.7 Å². The number of anilines is 1. The molecule has 0 amide bonds. The molecule has 0 radical (unpaired) electrons. The lowest BCUT2D eigenvalue weighted by atomic mass is 10.1. The Balaban J connectivity index is 1.94. The van der Waals surface area contributed by atoms with Crippen molar-refractivity contribution in [3.63, 3.8) is 0 Å². The molecule has 4 aromatic rings. The highest BCUT2D eigenvalue weighted by atomic mass is 79.9. The topological polar surface area (TPSA) is 59.8 Å². The van der Waals surface area contributed by atoms with Crippen molar-refractivity contribution in [2.75, 3.05) is 5.32 Å². The van der Waals surface area contributed by atoms with E-state index in [4.69, 9.17) is 11.6 Å². The van der Waals surface area contributed by atoms with Crippen LogP contribution < -0.4 is 10.9 Å². The van der Waals surface area contributed by atoms with E-state index in [9.17, 15) is 4.79 Å². The largest absolute Gasteiger partial charge is 0.361 e. The molecule has 28 heavy (non-hydrogen) atoms. The predicted molar refractivity (Wildman–Crippen MR) is 116 cm³/mol. The molecule has 0 aliphatic rings. The molecule has 0 aliphatic carbocycles. The van der Waals surface area contributed by atoms with Gasteiger partial charge in [-0.1, -0.05) is 41.9 Å². The Labute approximate surface area is 175 Å². The lowest BCUT2D eigenvalue weighted by Gasteiger charge is -2.22. The van der Waals surface area contributed by atoms with Crippen LogP contribution in [0, 0.1) is 0 Å². The van der Waals surface area contributed by atoms with Crippen LogP contribution in [0.15, 0.2) is 76.4 Å². The van der Waals surface area contributed by atoms with E-state index in [2.05, 4.69) is 31.2 Å². The minimum absolute atomic E-state index is 0.153. The number of nitrogens with zero attached hydrogens (tertiary/aromatic N) is 3. The molecule has 0 bridgehead atoms. The van der Waals surface area contributed by atoms with Crippen molar-refractivity contribution in [3.8, 4) is 5.69 Å². The van der Waals surface area contributed by atoms with Gasteiger partial charge in [0.05, 0.1) is 20.9 Å². The van der Waals surface area contributed by atoms with E-state index in [-0.39, 0.29) is 11.6 Å². The zero-order valence-electron chi connectivity index (χ0n) is 14.9. The van der Waals surface area contributed by atoms with Crippen LogP contribution >= 0.6 is 27.5 Å². The van der Waals surface area contributed by atoms with E-state index in [1.54, 1.807) is 16.8 Å². The van der Waals surface area contributed by atoms with Crippen LogP contribution in [0.4, 0.5) is 5.82 Å². The normalized spacial score (nSPS) is 12.1. The minimum atomic E-state index is -0.206. The van der Waals surface area contributed by atoms with E-state index < -0.39 is 0 Å². The molecule has 5 nitrogen and oxygen atoms in total. The highest BCUT2D eigenvalue weighted by Gasteiger charge is 2.18. The summed E-state index contributed by atoms with van der Waals surface area (Å²) in [5, 5.41) is 5.10. The van der Waals surface area contributed by atoms with Crippen molar-refractivity contribution in [2.24, 2.45) is 0 Å². The van der Waals surface area contributed by atoms with E-state index in [1.807, 2.05) is 55.5 Å². The summed E-state index contributed by atoms with van der Waals surface area (Å²) in [5.41, 5.74) is 1.43. The first kappa shape index (κ1) is 18.7. The van der Waals surface area contributed by atoms with E-state index in [0.717, 1.165) is 21.2 Å². The molecule has 2 aromatic carbocycles. The molecule has 2 aromatic heterocycles. The van der Waals surface area contributed by atoms with Gasteiger partial charge in [0.1, 0.15) is 12.1 Å². The molecule has 0 saturated heterocycles. The highest BCUT2D eigenvalue weighted by molar-refractivity contribution is 9.10. The molecular weight excluding hydrogens is 440 g/mol. The summed E-state index contributed by atoms with van der Waals surface area (Å²) in [5.74, 6) is 0.653. The third-order valence-corrected chi connectivity index (χ3v) is 5.40. The van der Waals surface area contributed by atoms with Gasteiger partial charge in [-0.25, -0.2) is 9.97 Å². The fraction of sp³-hybridized carbons (Fsp3) is 0.0952. The van der Waals surface area contributed by atoms with Gasteiger partial charge in [-0.2, -0.15) is 0 Å². The average Bonchev–Trinajstić information content (AvgIpc) is 2.70. The van der Waals surface area contributed by atoms with Crippen molar-refractivity contribution in [2.45, 2.75) is 13.0 Å². The number of hydrogen-bond donors (Lipinski definition) is 1. The monoisotopic (exact) mass is 454 g/mol. The number of hydrogen-bond acceptors (Lipinski definition) is 4. The summed E-state index contributed by atoms with van der Waals surface area (Å²) >= 11 is 9.80. The van der Waals surface area contributed by atoms with Crippen LogP contribution in [0.5, 0.6) is 0 Å². The Hall–Kier alpha value is -2.70. The van der Waals surface area contributed by atoms with Gasteiger partial charge in [0, 0.05) is 17.6 Å². The number of benzene rings is 2. The molecular formula is C21H16BrClN4O. The van der Waals surface area contributed by atoms with Crippen molar-refractivity contribution < 1.29 is 0 Å². The molecule has 0 fully saturated rings. The average molecular weight is 456 g/mol. The molecule has 1 N–H and O–H groups in total. The fourth-order valence-electron chi connectivity index (χ4n) is 3.20. The van der Waals surface area contributed by atoms with Gasteiger partial charge in [0.25, 0.3) is 5.56 Å². The summed E-state index contributed by atoms with van der Waals surface area (Å²) < 4.78 is 2.44. The molecule has 2 heterocycles. The molecule has 0 aliphatic heterocycles. The first-order valence-electron chi connectivity index (χ1n) is 8.68. The zero-order chi connectivity index (χ0) is 19.7. The molecule has 140 valence electrons. The molecule has 0 spiro atoms. The third kappa shape index (κ3) is 3.41. The smallest absolute Gasteiger partial charge is 0.264 e. The zero-order valence-corrected chi connectivity index (χ0v) is 17.3. The van der Waals surface area contributed by atoms with Gasteiger partial charge in [-0.15, -0.1) is 0 Å². The van der Waals surface area contributed by atoms with Crippen molar-refractivity contribution >= 4 is 44.1 Å². The van der Waals surface area contributed by atoms with Crippen LogP contribution in [0.2, 0.25) is 5.02 Å². The SMILES string of the molecule is C[C@H](Nc1ncncc1Br)c1cc2cccc(Cl)c2c(=O)n1-c1ccccc1. The summed E-state index contributed by atoms with van der Waals surface area (Å²) in [6.07, 6.45) is 3.15. The maximum atomic E-state index is 13.4. The van der Waals surface area contributed by atoms with E-state index in [0.29, 0.717) is 16.2 Å². The van der Waals surface area contributed by atoms with Gasteiger partial charge in [-0.05, 0) is 52.5 Å². The van der Waals surface area contributed by atoms with Gasteiger partial charge >= 0.3 is 0 Å². The molecule has 0 unspecified atom stereocenters. The number of rotatable bonds is 4. The Kier molecular flexibility index (Phi) is 5.15. The van der Waals surface area contributed by atoms with Crippen LogP contribution in [-0.4, -0.2) is 14.5 Å². The first-order valence-corrected chi connectivity index (χ1v) is 9.85. The van der Waals surface area contributed by atoms with Crippen molar-refractivity contribution in [1.29, 1.82) is 0 Å². The molecule has 1 atom stereocenters. The summed E-state index contributed by atoms with van der Waals surface area (Å²) in [6, 6.07) is 16.8. The van der Waals surface area contributed by atoms with Crippen molar-refractivity contribution in [3.05, 3.63) is 92.7 Å². The number of nitrogens with one attached hydrogen (secondary N) is 1. The standard InChI is InChI=1S/C21H16BrClN4O/c1-13(26-20-16(22)11-24-12-25-20)18-10-14-6-5-9-17(23)19(14)21(28)27(18)15-7-3-2-4-8-15/h2-13H,1H3,(H,24,25,26)/t13-/m0/s1. The number of fused-ring (bicyclic) bond motifs is 1. The maximum absolute atomic E-state index is 13.4. The summed E-state index contributed by atoms with van der Waals surface area (Å²) in [7, 11) is 0. The Morgan fingerprint density at radius 2 is 1.93 bits per heavy atom. The maximum Gasteiger partial charge on any atom is 0.264 e. The third-order valence-electron chi connectivity index (χ3n) is 4.50. The van der Waals surface area contributed by atoms with Gasteiger partial charge in [-0.3, -0.25) is 9.36 Å². The first-order chi connectivity index (χ1) is 13.6. The lowest BCUT2D eigenvalue weighted by Crippen LogP contribution is -2.25. The Morgan fingerprint density at radius 3 is 2.68 bits per heavy atom. The second-order valence-electron chi connectivity index (χ2n) is 6.33. The quantitative estimate of drug-likeness (QED) is 0.449. The summed E-state index contributed by atoms with van der Waals surface area (Å²) in [4.78, 5) is 21.7. The minimum Gasteiger partial charge on any atom is -0.361 e. The Morgan fingerprint density at radius 1 is 1.14 bits per heavy atom. The lowest BCUT2D eigenvalue weighted by molar-refractivity contribution is 0.772. The van der Waals surface area contributed by atoms with Gasteiger partial charge in [0.15, 0.2) is 0 Å². The second-order valence-corrected chi connectivity index (χ2v) is 7.60. The van der Waals surface area contributed by atoms with Crippen molar-refractivity contribution in [1.82, 2.24) is 14.5 Å². The van der Waals surface area contributed by atoms with E-state index >= 15 is 0 Å². The summed E-state index contributed by atoms with van der Waals surface area (Å²) in [6.45, 7) is 1.99. The number of para-hydroxylation sites is 1. The Bertz CT molecular complexity index is 1210. The van der Waals surface area contributed by atoms with Crippen LogP contribution in [0.3, 0.4) is 0 Å². The van der Waals surface area contributed by atoms with Gasteiger partial charge in [0.2, 0.25) is 0 Å². The number of pyridine rings is 1. The number of aromatic nitrogens is 3. The molecule has 0 saturated carbocycles. The number of halogens is 2.